The Kier molecular flexibility index (Phi) is 8.07. The molecule has 0 atom stereocenters. The van der Waals surface area contributed by atoms with Gasteiger partial charge in [-0.15, -0.1) is 24.0 Å². The van der Waals surface area contributed by atoms with E-state index in [9.17, 15) is 0 Å². The summed E-state index contributed by atoms with van der Waals surface area (Å²) in [5, 5.41) is 15.3. The molecular formula is C16H19IN4O. The largest absolute Gasteiger partial charge is 0.469 e. The summed E-state index contributed by atoms with van der Waals surface area (Å²) >= 11 is 0. The van der Waals surface area contributed by atoms with Gasteiger partial charge < -0.3 is 15.1 Å². The highest BCUT2D eigenvalue weighted by Gasteiger charge is 2.00. The van der Waals surface area contributed by atoms with Gasteiger partial charge in [-0.2, -0.15) is 5.26 Å². The first-order chi connectivity index (χ1) is 10.3. The smallest absolute Gasteiger partial charge is 0.191 e. The number of nitrogens with one attached hydrogen (secondary N) is 2. The van der Waals surface area contributed by atoms with Crippen molar-refractivity contribution < 1.29 is 4.42 Å². The first-order valence-electron chi connectivity index (χ1n) is 6.78. The predicted molar refractivity (Wildman–Crippen MR) is 97.2 cm³/mol. The molecule has 1 heterocycles. The number of halogens is 1. The van der Waals surface area contributed by atoms with Crippen molar-refractivity contribution in [3.63, 3.8) is 0 Å². The van der Waals surface area contributed by atoms with Crippen molar-refractivity contribution in [1.82, 2.24) is 10.6 Å². The third-order valence-corrected chi connectivity index (χ3v) is 2.98. The Balaban J connectivity index is 0.00000242. The molecule has 0 aliphatic carbocycles. The fourth-order valence-electron chi connectivity index (χ4n) is 1.92. The highest BCUT2D eigenvalue weighted by atomic mass is 127. The summed E-state index contributed by atoms with van der Waals surface area (Å²) in [6.07, 6.45) is 2.47. The minimum Gasteiger partial charge on any atom is -0.469 e. The van der Waals surface area contributed by atoms with E-state index in [1.807, 2.05) is 30.3 Å². The summed E-state index contributed by atoms with van der Waals surface area (Å²) in [6.45, 7) is 1.36. The van der Waals surface area contributed by atoms with Crippen LogP contribution in [0.4, 0.5) is 0 Å². The molecule has 5 nitrogen and oxygen atoms in total. The van der Waals surface area contributed by atoms with E-state index in [4.69, 9.17) is 9.68 Å². The molecule has 2 rings (SSSR count). The quantitative estimate of drug-likeness (QED) is 0.452. The molecule has 0 bridgehead atoms. The van der Waals surface area contributed by atoms with Crippen LogP contribution in [-0.4, -0.2) is 19.6 Å². The van der Waals surface area contributed by atoms with Gasteiger partial charge in [0.05, 0.1) is 17.9 Å². The number of furan rings is 1. The predicted octanol–water partition coefficient (Wildman–Crippen LogP) is 2.68. The number of guanidine groups is 1. The Labute approximate surface area is 147 Å². The lowest BCUT2D eigenvalue weighted by Gasteiger charge is -2.11. The molecule has 0 fully saturated rings. The van der Waals surface area contributed by atoms with E-state index >= 15 is 0 Å². The number of hydrogen-bond acceptors (Lipinski definition) is 3. The number of nitriles is 1. The average molecular weight is 410 g/mol. The van der Waals surface area contributed by atoms with Gasteiger partial charge in [0.2, 0.25) is 0 Å². The standard InChI is InChI=1S/C16H18N4O.HI/c1-18-16(19-8-7-15-6-3-9-21-15)20-12-14-5-2-4-13(10-14)11-17;/h2-6,9-10H,7-8,12H2,1H3,(H2,18,19,20);1H. The zero-order valence-corrected chi connectivity index (χ0v) is 14.7. The van der Waals surface area contributed by atoms with E-state index < -0.39 is 0 Å². The summed E-state index contributed by atoms with van der Waals surface area (Å²) in [7, 11) is 1.73. The van der Waals surface area contributed by atoms with Crippen molar-refractivity contribution >= 4 is 29.9 Å². The SMILES string of the molecule is CN=C(NCCc1ccco1)NCc1cccc(C#N)c1.I. The zero-order chi connectivity index (χ0) is 14.9. The molecule has 0 saturated carbocycles. The van der Waals surface area contributed by atoms with Crippen molar-refractivity contribution in [2.75, 3.05) is 13.6 Å². The molecule has 0 aliphatic heterocycles. The van der Waals surface area contributed by atoms with Gasteiger partial charge in [0, 0.05) is 26.6 Å². The Morgan fingerprint density at radius 2 is 2.14 bits per heavy atom. The van der Waals surface area contributed by atoms with Crippen LogP contribution in [0.2, 0.25) is 0 Å². The van der Waals surface area contributed by atoms with Crippen LogP contribution in [0.1, 0.15) is 16.9 Å². The molecule has 0 saturated heterocycles. The monoisotopic (exact) mass is 410 g/mol. The number of hydrogen-bond donors (Lipinski definition) is 2. The summed E-state index contributed by atoms with van der Waals surface area (Å²) in [5.74, 6) is 1.67. The molecule has 0 amide bonds. The first-order valence-corrected chi connectivity index (χ1v) is 6.78. The molecule has 0 spiro atoms. The molecule has 1 aromatic heterocycles. The average Bonchev–Trinajstić information content (AvgIpc) is 3.04. The van der Waals surface area contributed by atoms with Gasteiger partial charge >= 0.3 is 0 Å². The van der Waals surface area contributed by atoms with E-state index in [2.05, 4.69) is 21.7 Å². The molecule has 0 unspecified atom stereocenters. The Morgan fingerprint density at radius 1 is 1.27 bits per heavy atom. The van der Waals surface area contributed by atoms with Crippen LogP contribution >= 0.6 is 24.0 Å². The number of aliphatic imine (C=N–C) groups is 1. The minimum atomic E-state index is 0. The van der Waals surface area contributed by atoms with Crippen molar-refractivity contribution in [2.45, 2.75) is 13.0 Å². The van der Waals surface area contributed by atoms with Gasteiger partial charge in [-0.1, -0.05) is 12.1 Å². The van der Waals surface area contributed by atoms with Gasteiger partial charge in [0.15, 0.2) is 5.96 Å². The van der Waals surface area contributed by atoms with Gasteiger partial charge in [-0.25, -0.2) is 0 Å². The molecule has 22 heavy (non-hydrogen) atoms. The normalized spacial score (nSPS) is 10.5. The lowest BCUT2D eigenvalue weighted by Crippen LogP contribution is -2.37. The Hall–Kier alpha value is -2.01. The van der Waals surface area contributed by atoms with E-state index in [0.717, 1.165) is 30.2 Å². The zero-order valence-electron chi connectivity index (χ0n) is 12.4. The topological polar surface area (TPSA) is 73.3 Å². The third-order valence-electron chi connectivity index (χ3n) is 2.98. The van der Waals surface area contributed by atoms with Gasteiger partial charge in [0.25, 0.3) is 0 Å². The lowest BCUT2D eigenvalue weighted by atomic mass is 10.1. The molecule has 116 valence electrons. The van der Waals surface area contributed by atoms with Crippen LogP contribution in [0.5, 0.6) is 0 Å². The Bertz CT molecular complexity index is 632. The van der Waals surface area contributed by atoms with E-state index in [1.165, 1.54) is 0 Å². The number of rotatable bonds is 5. The fourth-order valence-corrected chi connectivity index (χ4v) is 1.92. The lowest BCUT2D eigenvalue weighted by molar-refractivity contribution is 0.507. The van der Waals surface area contributed by atoms with Gasteiger partial charge in [-0.3, -0.25) is 4.99 Å². The summed E-state index contributed by atoms with van der Waals surface area (Å²) < 4.78 is 5.27. The highest BCUT2D eigenvalue weighted by Crippen LogP contribution is 2.03. The van der Waals surface area contributed by atoms with E-state index in [-0.39, 0.29) is 24.0 Å². The van der Waals surface area contributed by atoms with Crippen LogP contribution in [-0.2, 0) is 13.0 Å². The third kappa shape index (κ3) is 5.77. The maximum Gasteiger partial charge on any atom is 0.191 e. The van der Waals surface area contributed by atoms with Gasteiger partial charge in [-0.05, 0) is 29.8 Å². The van der Waals surface area contributed by atoms with Crippen LogP contribution in [0.25, 0.3) is 0 Å². The van der Waals surface area contributed by atoms with Crippen LogP contribution < -0.4 is 10.6 Å². The van der Waals surface area contributed by atoms with Crippen LogP contribution in [0.3, 0.4) is 0 Å². The van der Waals surface area contributed by atoms with Crippen molar-refractivity contribution in [1.29, 1.82) is 5.26 Å². The van der Waals surface area contributed by atoms with Gasteiger partial charge in [0.1, 0.15) is 5.76 Å². The summed E-state index contributed by atoms with van der Waals surface area (Å²) in [6, 6.07) is 13.5. The molecule has 0 aliphatic rings. The molecule has 2 aromatic rings. The summed E-state index contributed by atoms with van der Waals surface area (Å²) in [4.78, 5) is 4.16. The second kappa shape index (κ2) is 9.84. The fraction of sp³-hybridized carbons (Fsp3) is 0.250. The maximum absolute atomic E-state index is 8.88. The van der Waals surface area contributed by atoms with Crippen molar-refractivity contribution in [3.8, 4) is 6.07 Å². The Morgan fingerprint density at radius 3 is 2.82 bits per heavy atom. The second-order valence-electron chi connectivity index (χ2n) is 4.49. The highest BCUT2D eigenvalue weighted by molar-refractivity contribution is 14.0. The van der Waals surface area contributed by atoms with Crippen molar-refractivity contribution in [2.24, 2.45) is 4.99 Å². The van der Waals surface area contributed by atoms with E-state index in [1.54, 1.807) is 19.4 Å². The minimum absolute atomic E-state index is 0. The molecule has 1 aromatic carbocycles. The second-order valence-corrected chi connectivity index (χ2v) is 4.49. The number of nitrogens with zero attached hydrogens (tertiary/aromatic N) is 2. The molecule has 0 radical (unpaired) electrons. The van der Waals surface area contributed by atoms with Crippen LogP contribution in [0.15, 0.2) is 52.1 Å². The number of benzene rings is 1. The first kappa shape index (κ1) is 18.0. The molecular weight excluding hydrogens is 391 g/mol. The van der Waals surface area contributed by atoms with Crippen molar-refractivity contribution in [3.05, 3.63) is 59.5 Å². The van der Waals surface area contributed by atoms with E-state index in [0.29, 0.717) is 12.1 Å². The molecule has 2 N–H and O–H groups in total. The maximum atomic E-state index is 8.88. The summed E-state index contributed by atoms with van der Waals surface area (Å²) in [5.41, 5.74) is 1.71. The molecule has 6 heteroatoms. The van der Waals surface area contributed by atoms with Crippen LogP contribution in [0, 0.1) is 11.3 Å².